The SMILES string of the molecule is NCCc1c[nH]c2c1CC=CC=C2. The molecule has 0 aromatic carbocycles. The summed E-state index contributed by atoms with van der Waals surface area (Å²) in [5, 5.41) is 0. The van der Waals surface area contributed by atoms with Gasteiger partial charge in [0.05, 0.1) is 0 Å². The third-order valence-corrected chi connectivity index (χ3v) is 2.36. The zero-order chi connectivity index (χ0) is 9.10. The van der Waals surface area contributed by atoms with Gasteiger partial charge in [0, 0.05) is 11.9 Å². The van der Waals surface area contributed by atoms with Crippen molar-refractivity contribution in [3.63, 3.8) is 0 Å². The van der Waals surface area contributed by atoms with Gasteiger partial charge in [0.2, 0.25) is 0 Å². The minimum absolute atomic E-state index is 0.720. The first-order chi connectivity index (χ1) is 6.42. The fraction of sp³-hybridized carbons (Fsp3) is 0.273. The lowest BCUT2D eigenvalue weighted by atomic mass is 10.1. The second-order valence-electron chi connectivity index (χ2n) is 3.24. The lowest BCUT2D eigenvalue weighted by Crippen LogP contribution is -2.03. The van der Waals surface area contributed by atoms with E-state index in [-0.39, 0.29) is 0 Å². The van der Waals surface area contributed by atoms with Gasteiger partial charge in [-0.2, -0.15) is 0 Å². The molecule has 1 aliphatic rings. The second kappa shape index (κ2) is 3.62. The van der Waals surface area contributed by atoms with Crippen molar-refractivity contribution in [1.29, 1.82) is 0 Å². The molecule has 3 N–H and O–H groups in total. The van der Waals surface area contributed by atoms with E-state index >= 15 is 0 Å². The smallest absolute Gasteiger partial charge is 0.0418 e. The maximum absolute atomic E-state index is 5.54. The highest BCUT2D eigenvalue weighted by molar-refractivity contribution is 5.56. The van der Waals surface area contributed by atoms with E-state index in [1.54, 1.807) is 0 Å². The second-order valence-corrected chi connectivity index (χ2v) is 3.24. The number of nitrogens with two attached hydrogens (primary N) is 1. The van der Waals surface area contributed by atoms with Crippen LogP contribution in [-0.4, -0.2) is 11.5 Å². The van der Waals surface area contributed by atoms with Crippen LogP contribution in [0.1, 0.15) is 16.8 Å². The molecule has 0 atom stereocenters. The van der Waals surface area contributed by atoms with E-state index in [9.17, 15) is 0 Å². The number of nitrogens with one attached hydrogen (secondary N) is 1. The first-order valence-electron chi connectivity index (χ1n) is 4.64. The molecule has 1 aromatic rings. The Bertz CT molecular complexity index is 345. The van der Waals surface area contributed by atoms with Gasteiger partial charge in [0.25, 0.3) is 0 Å². The highest BCUT2D eigenvalue weighted by Gasteiger charge is 2.07. The van der Waals surface area contributed by atoms with E-state index in [0.717, 1.165) is 19.4 Å². The predicted octanol–water partition coefficient (Wildman–Crippen LogP) is 1.64. The Morgan fingerprint density at radius 3 is 3.15 bits per heavy atom. The Morgan fingerprint density at radius 1 is 1.38 bits per heavy atom. The summed E-state index contributed by atoms with van der Waals surface area (Å²) in [5.41, 5.74) is 9.53. The van der Waals surface area contributed by atoms with E-state index in [1.807, 2.05) is 0 Å². The maximum Gasteiger partial charge on any atom is 0.0418 e. The van der Waals surface area contributed by atoms with Gasteiger partial charge in [-0.1, -0.05) is 18.2 Å². The monoisotopic (exact) mass is 174 g/mol. The van der Waals surface area contributed by atoms with Crippen molar-refractivity contribution in [1.82, 2.24) is 4.98 Å². The van der Waals surface area contributed by atoms with Crippen LogP contribution in [0.5, 0.6) is 0 Å². The molecular formula is C11H14N2. The van der Waals surface area contributed by atoms with E-state index in [1.165, 1.54) is 16.8 Å². The summed E-state index contributed by atoms with van der Waals surface area (Å²) in [5.74, 6) is 0. The minimum atomic E-state index is 0.720. The molecule has 0 saturated carbocycles. The number of aromatic nitrogens is 1. The van der Waals surface area contributed by atoms with Crippen LogP contribution >= 0.6 is 0 Å². The van der Waals surface area contributed by atoms with Gasteiger partial charge in [-0.15, -0.1) is 0 Å². The molecule has 0 unspecified atom stereocenters. The van der Waals surface area contributed by atoms with Gasteiger partial charge in [-0.05, 0) is 36.6 Å². The number of hydrogen-bond acceptors (Lipinski definition) is 1. The van der Waals surface area contributed by atoms with E-state index < -0.39 is 0 Å². The zero-order valence-corrected chi connectivity index (χ0v) is 7.59. The van der Waals surface area contributed by atoms with Crippen LogP contribution in [0.4, 0.5) is 0 Å². The van der Waals surface area contributed by atoms with Gasteiger partial charge in [0.1, 0.15) is 0 Å². The lowest BCUT2D eigenvalue weighted by Gasteiger charge is -1.99. The highest BCUT2D eigenvalue weighted by atomic mass is 14.7. The van der Waals surface area contributed by atoms with Crippen LogP contribution in [0, 0.1) is 0 Å². The van der Waals surface area contributed by atoms with Gasteiger partial charge >= 0.3 is 0 Å². The van der Waals surface area contributed by atoms with Gasteiger partial charge < -0.3 is 10.7 Å². The van der Waals surface area contributed by atoms with Crippen LogP contribution < -0.4 is 5.73 Å². The van der Waals surface area contributed by atoms with Crippen molar-refractivity contribution in [2.45, 2.75) is 12.8 Å². The molecule has 1 heterocycles. The summed E-state index contributed by atoms with van der Waals surface area (Å²) in [6.07, 6.45) is 12.5. The Morgan fingerprint density at radius 2 is 2.31 bits per heavy atom. The van der Waals surface area contributed by atoms with Crippen molar-refractivity contribution in [2.24, 2.45) is 5.73 Å². The fourth-order valence-electron chi connectivity index (χ4n) is 1.70. The molecule has 1 aliphatic carbocycles. The summed E-state index contributed by atoms with van der Waals surface area (Å²) in [6.45, 7) is 0.720. The number of H-pyrrole nitrogens is 1. The van der Waals surface area contributed by atoms with Crippen molar-refractivity contribution >= 4 is 6.08 Å². The van der Waals surface area contributed by atoms with Gasteiger partial charge in [-0.3, -0.25) is 0 Å². The van der Waals surface area contributed by atoms with Crippen LogP contribution in [-0.2, 0) is 12.8 Å². The Balaban J connectivity index is 2.36. The minimum Gasteiger partial charge on any atom is -0.361 e. The molecule has 2 rings (SSSR count). The topological polar surface area (TPSA) is 41.8 Å². The molecular weight excluding hydrogens is 160 g/mol. The van der Waals surface area contributed by atoms with Crippen LogP contribution in [0.3, 0.4) is 0 Å². The van der Waals surface area contributed by atoms with Crippen molar-refractivity contribution in [2.75, 3.05) is 6.54 Å². The Labute approximate surface area is 78.2 Å². The molecule has 13 heavy (non-hydrogen) atoms. The average molecular weight is 174 g/mol. The number of fused-ring (bicyclic) bond motifs is 1. The van der Waals surface area contributed by atoms with Gasteiger partial charge in [-0.25, -0.2) is 0 Å². The summed E-state index contributed by atoms with van der Waals surface area (Å²) in [6, 6.07) is 0. The number of rotatable bonds is 2. The normalized spacial score (nSPS) is 14.2. The maximum atomic E-state index is 5.54. The van der Waals surface area contributed by atoms with Crippen LogP contribution in [0.15, 0.2) is 24.4 Å². The highest BCUT2D eigenvalue weighted by Crippen LogP contribution is 2.19. The van der Waals surface area contributed by atoms with Crippen molar-refractivity contribution < 1.29 is 0 Å². The quantitative estimate of drug-likeness (QED) is 0.703. The summed E-state index contributed by atoms with van der Waals surface area (Å²) < 4.78 is 0. The molecule has 0 radical (unpaired) electrons. The van der Waals surface area contributed by atoms with Crippen LogP contribution in [0.25, 0.3) is 6.08 Å². The predicted molar refractivity (Wildman–Crippen MR) is 55.4 cm³/mol. The standard InChI is InChI=1S/C11H14N2/c12-7-6-9-8-13-11-5-3-1-2-4-10(9)11/h1-3,5,8,13H,4,6-7,12H2. The summed E-state index contributed by atoms with van der Waals surface area (Å²) >= 11 is 0. The molecule has 2 heteroatoms. The Kier molecular flexibility index (Phi) is 2.32. The van der Waals surface area contributed by atoms with Crippen LogP contribution in [0.2, 0.25) is 0 Å². The molecule has 0 amide bonds. The average Bonchev–Trinajstić information content (AvgIpc) is 2.38. The lowest BCUT2D eigenvalue weighted by molar-refractivity contribution is 0.956. The fourth-order valence-corrected chi connectivity index (χ4v) is 1.70. The summed E-state index contributed by atoms with van der Waals surface area (Å²) in [4.78, 5) is 3.27. The summed E-state index contributed by atoms with van der Waals surface area (Å²) in [7, 11) is 0. The molecule has 0 saturated heterocycles. The van der Waals surface area contributed by atoms with Crippen molar-refractivity contribution in [3.05, 3.63) is 41.2 Å². The largest absolute Gasteiger partial charge is 0.361 e. The Hall–Kier alpha value is -1.28. The molecule has 1 aromatic heterocycles. The molecule has 0 aliphatic heterocycles. The molecule has 0 fully saturated rings. The molecule has 68 valence electrons. The number of hydrogen-bond donors (Lipinski definition) is 2. The van der Waals surface area contributed by atoms with E-state index in [0.29, 0.717) is 0 Å². The third-order valence-electron chi connectivity index (χ3n) is 2.36. The van der Waals surface area contributed by atoms with E-state index in [4.69, 9.17) is 5.73 Å². The third kappa shape index (κ3) is 1.58. The first-order valence-corrected chi connectivity index (χ1v) is 4.64. The number of aromatic amines is 1. The zero-order valence-electron chi connectivity index (χ0n) is 7.59. The molecule has 2 nitrogen and oxygen atoms in total. The molecule has 0 bridgehead atoms. The van der Waals surface area contributed by atoms with Crippen molar-refractivity contribution in [3.8, 4) is 0 Å². The van der Waals surface area contributed by atoms with Gasteiger partial charge in [0.15, 0.2) is 0 Å². The number of allylic oxidation sites excluding steroid dienone is 3. The molecule has 0 spiro atoms. The first kappa shape index (κ1) is 8.32. The van der Waals surface area contributed by atoms with E-state index in [2.05, 4.69) is 35.5 Å².